The van der Waals surface area contributed by atoms with E-state index in [0.29, 0.717) is 16.4 Å². The Labute approximate surface area is 149 Å². The molecule has 1 heterocycles. The molecule has 2 aromatic rings. The van der Waals surface area contributed by atoms with Gasteiger partial charge >= 0.3 is 0 Å². The van der Waals surface area contributed by atoms with Crippen molar-refractivity contribution in [2.45, 2.75) is 11.7 Å². The van der Waals surface area contributed by atoms with Crippen LogP contribution in [0.5, 0.6) is 0 Å². The van der Waals surface area contributed by atoms with Crippen molar-refractivity contribution in [1.29, 1.82) is 0 Å². The van der Waals surface area contributed by atoms with E-state index in [9.17, 15) is 9.59 Å². The summed E-state index contributed by atoms with van der Waals surface area (Å²) in [6.07, 6.45) is 1.70. The van der Waals surface area contributed by atoms with Gasteiger partial charge in [-0.25, -0.2) is 0 Å². The van der Waals surface area contributed by atoms with Gasteiger partial charge in [0.2, 0.25) is 5.91 Å². The first-order chi connectivity index (χ1) is 12.1. The number of thioether (sulfide) groups is 1. The van der Waals surface area contributed by atoms with E-state index in [1.54, 1.807) is 42.6 Å². The predicted molar refractivity (Wildman–Crippen MR) is 101 cm³/mol. The number of ketones is 1. The largest absolute Gasteiger partial charge is 0.399 e. The highest BCUT2D eigenvalue weighted by Gasteiger charge is 2.32. The van der Waals surface area contributed by atoms with E-state index in [-0.39, 0.29) is 18.1 Å². The number of rotatable bonds is 5. The summed E-state index contributed by atoms with van der Waals surface area (Å²) in [6, 6.07) is 16.1. The topological polar surface area (TPSA) is 96.9 Å². The lowest BCUT2D eigenvalue weighted by Crippen LogP contribution is -2.26. The molecule has 126 valence electrons. The number of nitrogen functional groups attached to an aromatic ring is 1. The van der Waals surface area contributed by atoms with Crippen LogP contribution in [-0.4, -0.2) is 28.3 Å². The summed E-state index contributed by atoms with van der Waals surface area (Å²) in [4.78, 5) is 24.2. The quantitative estimate of drug-likeness (QED) is 0.374. The molecule has 6 nitrogen and oxygen atoms in total. The second-order valence-corrected chi connectivity index (χ2v) is 6.60. The number of carbonyl (C=O) groups excluding carboxylic acids is 2. The highest BCUT2D eigenvalue weighted by atomic mass is 32.2. The zero-order valence-electron chi connectivity index (χ0n) is 13.3. The fourth-order valence-corrected chi connectivity index (χ4v) is 3.15. The van der Waals surface area contributed by atoms with E-state index in [2.05, 4.69) is 15.5 Å². The molecule has 1 aliphatic rings. The molecule has 0 spiro atoms. The summed E-state index contributed by atoms with van der Waals surface area (Å²) < 4.78 is 0. The van der Waals surface area contributed by atoms with Crippen molar-refractivity contribution in [2.75, 3.05) is 5.73 Å². The fourth-order valence-electron chi connectivity index (χ4n) is 2.23. The van der Waals surface area contributed by atoms with Crippen LogP contribution in [0.2, 0.25) is 0 Å². The average molecular weight is 352 g/mol. The first-order valence-corrected chi connectivity index (χ1v) is 8.52. The molecule has 0 aromatic heterocycles. The molecule has 3 rings (SSSR count). The van der Waals surface area contributed by atoms with Crippen LogP contribution >= 0.6 is 11.8 Å². The zero-order chi connectivity index (χ0) is 17.6. The number of hydrogen-bond acceptors (Lipinski definition) is 6. The number of anilines is 1. The number of carbonyl (C=O) groups is 2. The van der Waals surface area contributed by atoms with Crippen molar-refractivity contribution in [3.05, 3.63) is 65.7 Å². The Balaban J connectivity index is 1.60. The summed E-state index contributed by atoms with van der Waals surface area (Å²) in [5.74, 6) is -0.296. The lowest BCUT2D eigenvalue weighted by Gasteiger charge is -2.04. The van der Waals surface area contributed by atoms with E-state index >= 15 is 0 Å². The summed E-state index contributed by atoms with van der Waals surface area (Å²) in [7, 11) is 0. The number of nitrogens with zero attached hydrogens (tertiary/aromatic N) is 2. The maximum Gasteiger partial charge on any atom is 0.240 e. The number of benzene rings is 2. The molecule has 1 atom stereocenters. The molecule has 0 unspecified atom stereocenters. The molecule has 3 N–H and O–H groups in total. The van der Waals surface area contributed by atoms with E-state index in [4.69, 9.17) is 5.73 Å². The normalized spacial score (nSPS) is 18.6. The van der Waals surface area contributed by atoms with Crippen LogP contribution in [0.15, 0.2) is 64.8 Å². The lowest BCUT2D eigenvalue weighted by atomic mass is 10.1. The second-order valence-electron chi connectivity index (χ2n) is 5.41. The zero-order valence-corrected chi connectivity index (χ0v) is 14.1. The first-order valence-electron chi connectivity index (χ1n) is 7.64. The number of hydrogen-bond donors (Lipinski definition) is 2. The highest BCUT2D eigenvalue weighted by molar-refractivity contribution is 8.15. The molecule has 0 saturated carbocycles. The van der Waals surface area contributed by atoms with E-state index in [0.717, 1.165) is 5.56 Å². The third-order valence-corrected chi connectivity index (χ3v) is 4.61. The monoisotopic (exact) mass is 352 g/mol. The smallest absolute Gasteiger partial charge is 0.240 e. The van der Waals surface area contributed by atoms with Gasteiger partial charge in [0.25, 0.3) is 0 Å². The molecule has 0 bridgehead atoms. The summed E-state index contributed by atoms with van der Waals surface area (Å²) >= 11 is 1.21. The lowest BCUT2D eigenvalue weighted by molar-refractivity contribution is -0.118. The van der Waals surface area contributed by atoms with Gasteiger partial charge in [-0.2, -0.15) is 5.10 Å². The Morgan fingerprint density at radius 1 is 1.16 bits per heavy atom. The molecular weight excluding hydrogens is 336 g/mol. The van der Waals surface area contributed by atoms with Gasteiger partial charge in [0.1, 0.15) is 0 Å². The highest BCUT2D eigenvalue weighted by Crippen LogP contribution is 2.24. The van der Waals surface area contributed by atoms with Gasteiger partial charge in [0, 0.05) is 17.7 Å². The van der Waals surface area contributed by atoms with Crippen LogP contribution in [0.3, 0.4) is 0 Å². The van der Waals surface area contributed by atoms with Crippen molar-refractivity contribution in [3.63, 3.8) is 0 Å². The molecule has 25 heavy (non-hydrogen) atoms. The molecule has 7 heteroatoms. The van der Waals surface area contributed by atoms with Gasteiger partial charge in [-0.05, 0) is 17.7 Å². The Morgan fingerprint density at radius 2 is 1.88 bits per heavy atom. The Kier molecular flexibility index (Phi) is 5.25. The van der Waals surface area contributed by atoms with Gasteiger partial charge in [0.05, 0.1) is 11.5 Å². The minimum atomic E-state index is -0.488. The minimum Gasteiger partial charge on any atom is -0.399 e. The van der Waals surface area contributed by atoms with Gasteiger partial charge in [-0.3, -0.25) is 9.59 Å². The van der Waals surface area contributed by atoms with Crippen LogP contribution < -0.4 is 11.1 Å². The van der Waals surface area contributed by atoms with E-state index < -0.39 is 5.25 Å². The summed E-state index contributed by atoms with van der Waals surface area (Å²) in [5, 5.41) is 10.5. The predicted octanol–water partition coefficient (Wildman–Crippen LogP) is 2.46. The number of amidine groups is 1. The molecule has 1 aliphatic heterocycles. The molecule has 0 aliphatic carbocycles. The standard InChI is InChI=1S/C18H16N4O2S/c19-14-8-6-12(7-9-14)11-20-22-18-21-17(24)16(25-18)10-15(23)13-4-2-1-3-5-13/h1-9,11,16H,10,19H2,(H,21,22,24)/b20-11+/t16-/m0/s1. The maximum atomic E-state index is 12.2. The van der Waals surface area contributed by atoms with Crippen LogP contribution in [0.4, 0.5) is 5.69 Å². The SMILES string of the molecule is Nc1ccc(/C=N/N=C2\NC(=O)[C@H](CC(=O)c3ccccc3)S2)cc1. The van der Waals surface area contributed by atoms with Crippen LogP contribution in [0.25, 0.3) is 0 Å². The number of Topliss-reactive ketones (excluding diaryl/α,β-unsaturated/α-hetero) is 1. The van der Waals surface area contributed by atoms with Gasteiger partial charge in [0.15, 0.2) is 11.0 Å². The fraction of sp³-hybridized carbons (Fsp3) is 0.111. The Hall–Kier alpha value is -2.93. The van der Waals surface area contributed by atoms with Gasteiger partial charge < -0.3 is 11.1 Å². The first kappa shape index (κ1) is 16.9. The minimum absolute atomic E-state index is 0.0696. The Bertz CT molecular complexity index is 832. The number of amides is 1. The molecule has 1 amide bonds. The molecule has 2 aromatic carbocycles. The number of nitrogens with one attached hydrogen (secondary N) is 1. The summed E-state index contributed by atoms with van der Waals surface area (Å²) in [5.41, 5.74) is 7.74. The molecular formula is C18H16N4O2S. The van der Waals surface area contributed by atoms with E-state index in [1.807, 2.05) is 18.2 Å². The third-order valence-electron chi connectivity index (χ3n) is 3.53. The van der Waals surface area contributed by atoms with Crippen molar-refractivity contribution in [2.24, 2.45) is 10.2 Å². The maximum absolute atomic E-state index is 12.2. The van der Waals surface area contributed by atoms with Gasteiger partial charge in [-0.15, -0.1) is 5.10 Å². The number of nitrogens with two attached hydrogens (primary N) is 1. The average Bonchev–Trinajstić information content (AvgIpc) is 2.97. The molecule has 1 fully saturated rings. The van der Waals surface area contributed by atoms with Crippen molar-refractivity contribution < 1.29 is 9.59 Å². The molecule has 0 radical (unpaired) electrons. The van der Waals surface area contributed by atoms with Crippen molar-refractivity contribution in [3.8, 4) is 0 Å². The van der Waals surface area contributed by atoms with Crippen LogP contribution in [-0.2, 0) is 4.79 Å². The summed E-state index contributed by atoms with van der Waals surface area (Å²) in [6.45, 7) is 0. The van der Waals surface area contributed by atoms with E-state index in [1.165, 1.54) is 11.8 Å². The van der Waals surface area contributed by atoms with Crippen molar-refractivity contribution in [1.82, 2.24) is 5.32 Å². The van der Waals surface area contributed by atoms with Crippen LogP contribution in [0, 0.1) is 0 Å². The third kappa shape index (κ3) is 4.54. The second kappa shape index (κ2) is 7.76. The molecule has 1 saturated heterocycles. The van der Waals surface area contributed by atoms with Crippen LogP contribution in [0.1, 0.15) is 22.3 Å². The Morgan fingerprint density at radius 3 is 2.60 bits per heavy atom. The van der Waals surface area contributed by atoms with Gasteiger partial charge in [-0.1, -0.05) is 54.2 Å². The van der Waals surface area contributed by atoms with Crippen molar-refractivity contribution >= 4 is 40.5 Å².